The fourth-order valence-corrected chi connectivity index (χ4v) is 6.45. The van der Waals surface area contributed by atoms with Crippen LogP contribution in [0.3, 0.4) is 0 Å². The topological polar surface area (TPSA) is 38.4 Å². The van der Waals surface area contributed by atoms with E-state index in [0.717, 1.165) is 37.7 Å². The fourth-order valence-electron chi connectivity index (χ4n) is 6.45. The van der Waals surface area contributed by atoms with Gasteiger partial charge in [-0.1, -0.05) is 61.7 Å². The van der Waals surface area contributed by atoms with E-state index in [-0.39, 0.29) is 5.91 Å². The van der Waals surface area contributed by atoms with Crippen molar-refractivity contribution >= 4 is 22.9 Å². The Morgan fingerprint density at radius 2 is 1.82 bits per heavy atom. The Morgan fingerprint density at radius 1 is 1.03 bits per heavy atom. The Labute approximate surface area is 201 Å². The maximum absolute atomic E-state index is 13.3. The summed E-state index contributed by atoms with van der Waals surface area (Å²) in [5.74, 6) is 0.432. The number of rotatable bonds is 3. The number of fused-ring (bicyclic) bond motifs is 5. The van der Waals surface area contributed by atoms with E-state index in [1.54, 1.807) is 0 Å². The number of hydrogen-bond donors (Lipinski definition) is 1. The van der Waals surface area contributed by atoms with Crippen molar-refractivity contribution in [3.8, 4) is 11.3 Å². The van der Waals surface area contributed by atoms with E-state index in [1.807, 2.05) is 6.07 Å². The van der Waals surface area contributed by atoms with E-state index >= 15 is 0 Å². The van der Waals surface area contributed by atoms with Crippen LogP contribution in [-0.2, 0) is 6.54 Å². The van der Waals surface area contributed by atoms with Crippen molar-refractivity contribution in [1.29, 1.82) is 0 Å². The summed E-state index contributed by atoms with van der Waals surface area (Å²) in [6, 6.07) is 14.9. The van der Waals surface area contributed by atoms with Crippen LogP contribution < -0.4 is 5.32 Å². The zero-order chi connectivity index (χ0) is 23.1. The highest BCUT2D eigenvalue weighted by molar-refractivity contribution is 6.01. The van der Waals surface area contributed by atoms with Gasteiger partial charge in [0.25, 0.3) is 5.91 Å². The molecule has 1 N–H and O–H groups in total. The Kier molecular flexibility index (Phi) is 5.29. The quantitative estimate of drug-likeness (QED) is 0.419. The molecule has 0 bridgehead atoms. The smallest absolute Gasteiger partial charge is 0.307 e. The van der Waals surface area contributed by atoms with Gasteiger partial charge >= 0.3 is 5.66 Å². The molecule has 1 amide bonds. The van der Waals surface area contributed by atoms with Crippen LogP contribution >= 0.6 is 0 Å². The van der Waals surface area contributed by atoms with Crippen molar-refractivity contribution in [3.63, 3.8) is 0 Å². The van der Waals surface area contributed by atoms with Gasteiger partial charge in [-0.05, 0) is 54.9 Å². The summed E-state index contributed by atoms with van der Waals surface area (Å²) in [4.78, 5) is 17.1. The zero-order valence-electron chi connectivity index (χ0n) is 19.6. The standard InChI is InChI=1S/C30H31N3O/c1-31-30(17-7-8-18-30)32-29(34)23-15-16-25-26(20-23)33-19-9-13-21-10-5-6-14-24(21)28(33)27(25)22-11-3-2-4-12-22/h5-6,9-10,13-16,20,22H,2-4,7-8,11-12,17-19H2,(H,32,34). The van der Waals surface area contributed by atoms with Crippen molar-refractivity contribution in [2.75, 3.05) is 0 Å². The van der Waals surface area contributed by atoms with Gasteiger partial charge in [0.1, 0.15) is 0 Å². The lowest BCUT2D eigenvalue weighted by molar-refractivity contribution is 0.0917. The molecule has 2 aromatic carbocycles. The molecule has 2 saturated carbocycles. The predicted molar refractivity (Wildman–Crippen MR) is 138 cm³/mol. The van der Waals surface area contributed by atoms with Crippen molar-refractivity contribution in [1.82, 2.24) is 9.88 Å². The molecule has 2 aliphatic carbocycles. The van der Waals surface area contributed by atoms with E-state index < -0.39 is 5.66 Å². The highest BCUT2D eigenvalue weighted by Crippen LogP contribution is 2.46. The molecule has 0 spiro atoms. The fraction of sp³-hybridized carbons (Fsp3) is 0.400. The highest BCUT2D eigenvalue weighted by Gasteiger charge is 2.41. The molecular formula is C30H31N3O. The second kappa shape index (κ2) is 8.47. The molecule has 1 aliphatic heterocycles. The van der Waals surface area contributed by atoms with Gasteiger partial charge < -0.3 is 4.57 Å². The van der Waals surface area contributed by atoms with Crippen LogP contribution in [0.25, 0.3) is 33.1 Å². The average molecular weight is 450 g/mol. The third kappa shape index (κ3) is 3.46. The van der Waals surface area contributed by atoms with Crippen molar-refractivity contribution in [3.05, 3.63) is 76.6 Å². The minimum Gasteiger partial charge on any atom is -0.336 e. The molecule has 2 fully saturated rings. The van der Waals surface area contributed by atoms with Crippen LogP contribution in [0.15, 0.2) is 48.5 Å². The first-order valence-electron chi connectivity index (χ1n) is 12.8. The van der Waals surface area contributed by atoms with Gasteiger partial charge in [-0.3, -0.25) is 15.0 Å². The molecule has 4 nitrogen and oxygen atoms in total. The minimum absolute atomic E-state index is 0.126. The Hall–Kier alpha value is -3.32. The first-order valence-corrected chi connectivity index (χ1v) is 12.8. The van der Waals surface area contributed by atoms with Crippen LogP contribution in [0, 0.1) is 6.57 Å². The third-order valence-electron chi connectivity index (χ3n) is 8.17. The predicted octanol–water partition coefficient (Wildman–Crippen LogP) is 7.30. The summed E-state index contributed by atoms with van der Waals surface area (Å²) >= 11 is 0. The van der Waals surface area contributed by atoms with Crippen LogP contribution in [0.1, 0.15) is 85.2 Å². The van der Waals surface area contributed by atoms with Crippen LogP contribution in [0.4, 0.5) is 0 Å². The van der Waals surface area contributed by atoms with Gasteiger partial charge in [-0.2, -0.15) is 0 Å². The minimum atomic E-state index is -0.725. The van der Waals surface area contributed by atoms with Crippen molar-refractivity contribution in [2.45, 2.75) is 75.9 Å². The summed E-state index contributed by atoms with van der Waals surface area (Å²) in [5, 5.41) is 4.37. The number of hydrogen-bond acceptors (Lipinski definition) is 1. The summed E-state index contributed by atoms with van der Waals surface area (Å²) in [6.45, 7) is 8.46. The van der Waals surface area contributed by atoms with E-state index in [2.05, 4.69) is 63.3 Å². The van der Waals surface area contributed by atoms with Gasteiger partial charge in [-0.25, -0.2) is 6.57 Å². The van der Waals surface area contributed by atoms with Gasteiger partial charge in [-0.15, -0.1) is 0 Å². The lowest BCUT2D eigenvalue weighted by Gasteiger charge is -2.24. The maximum Gasteiger partial charge on any atom is 0.307 e. The Bertz CT molecular complexity index is 1330. The molecule has 172 valence electrons. The lowest BCUT2D eigenvalue weighted by Crippen LogP contribution is -2.43. The van der Waals surface area contributed by atoms with Gasteiger partial charge in [0, 0.05) is 41.4 Å². The molecule has 0 radical (unpaired) electrons. The molecular weight excluding hydrogens is 418 g/mol. The number of carbonyl (C=O) groups is 1. The molecule has 0 saturated heterocycles. The summed E-state index contributed by atoms with van der Waals surface area (Å²) in [7, 11) is 0. The van der Waals surface area contributed by atoms with E-state index in [4.69, 9.17) is 6.57 Å². The number of nitrogens with zero attached hydrogens (tertiary/aromatic N) is 2. The largest absolute Gasteiger partial charge is 0.336 e. The molecule has 6 rings (SSSR count). The molecule has 3 aliphatic rings. The van der Waals surface area contributed by atoms with Crippen LogP contribution in [0.5, 0.6) is 0 Å². The van der Waals surface area contributed by atoms with Gasteiger partial charge in [0.15, 0.2) is 0 Å². The lowest BCUT2D eigenvalue weighted by atomic mass is 9.81. The summed E-state index contributed by atoms with van der Waals surface area (Å²) in [5.41, 5.74) is 6.40. The number of allylic oxidation sites excluding steroid dienone is 1. The maximum atomic E-state index is 13.3. The number of amides is 1. The summed E-state index contributed by atoms with van der Waals surface area (Å²) < 4.78 is 2.42. The molecule has 34 heavy (non-hydrogen) atoms. The second-order valence-electron chi connectivity index (χ2n) is 10.2. The third-order valence-corrected chi connectivity index (χ3v) is 8.17. The molecule has 1 aromatic heterocycles. The molecule has 2 heterocycles. The van der Waals surface area contributed by atoms with Crippen LogP contribution in [-0.4, -0.2) is 16.1 Å². The average Bonchev–Trinajstić information content (AvgIpc) is 3.42. The summed E-state index contributed by atoms with van der Waals surface area (Å²) in [6.07, 6.45) is 14.3. The number of aromatic nitrogens is 1. The van der Waals surface area contributed by atoms with Gasteiger partial charge in [0.2, 0.25) is 0 Å². The number of carbonyl (C=O) groups excluding carboxylic acids is 1. The Morgan fingerprint density at radius 3 is 2.62 bits per heavy atom. The van der Waals surface area contributed by atoms with Gasteiger partial charge in [0.05, 0.1) is 5.69 Å². The first kappa shape index (κ1) is 21.2. The van der Waals surface area contributed by atoms with E-state index in [0.29, 0.717) is 11.5 Å². The van der Waals surface area contributed by atoms with Crippen molar-refractivity contribution < 1.29 is 4.79 Å². The normalized spacial score (nSPS) is 19.3. The second-order valence-corrected chi connectivity index (χ2v) is 10.2. The van der Waals surface area contributed by atoms with Crippen LogP contribution in [0.2, 0.25) is 0 Å². The number of nitrogens with one attached hydrogen (secondary N) is 1. The molecule has 4 heteroatoms. The van der Waals surface area contributed by atoms with E-state index in [9.17, 15) is 4.79 Å². The SMILES string of the molecule is [C-]#[N+]C1(NC(=O)c2ccc3c(C4CCCCC4)c4n(c3c2)CC=Cc2ccccc2-4)CCCC1. The number of benzene rings is 2. The zero-order valence-corrected chi connectivity index (χ0v) is 19.6. The van der Waals surface area contributed by atoms with Crippen molar-refractivity contribution in [2.24, 2.45) is 0 Å². The monoisotopic (exact) mass is 449 g/mol. The first-order chi connectivity index (χ1) is 16.7. The molecule has 0 unspecified atom stereocenters. The van der Waals surface area contributed by atoms with E-state index in [1.165, 1.54) is 59.9 Å². The Balaban J connectivity index is 1.50. The molecule has 0 atom stereocenters. The highest BCUT2D eigenvalue weighted by atomic mass is 16.1. The molecule has 3 aromatic rings.